The Labute approximate surface area is 125 Å². The quantitative estimate of drug-likeness (QED) is 0.825. The van der Waals surface area contributed by atoms with Crippen LogP contribution in [0.1, 0.15) is 65.2 Å². The second-order valence-corrected chi connectivity index (χ2v) is 7.81. The zero-order valence-corrected chi connectivity index (χ0v) is 13.1. The molecule has 2 aliphatic carbocycles. The molecule has 2 fully saturated rings. The maximum atomic E-state index is 13.1. The summed E-state index contributed by atoms with van der Waals surface area (Å²) < 4.78 is 39.2. The van der Waals surface area contributed by atoms with Gasteiger partial charge in [-0.3, -0.25) is 0 Å². The molecule has 2 rings (SSSR count). The summed E-state index contributed by atoms with van der Waals surface area (Å²) >= 11 is 0. The van der Waals surface area contributed by atoms with Gasteiger partial charge in [0.1, 0.15) is 0 Å². The van der Waals surface area contributed by atoms with Crippen molar-refractivity contribution >= 4 is 0 Å². The molecule has 0 bridgehead atoms. The largest absolute Gasteiger partial charge is 0.393 e. The fourth-order valence-corrected chi connectivity index (χ4v) is 3.66. The predicted octanol–water partition coefficient (Wildman–Crippen LogP) is 4.03. The Bertz CT molecular complexity index is 344. The van der Waals surface area contributed by atoms with E-state index in [4.69, 9.17) is 0 Å². The first-order valence-electron chi connectivity index (χ1n) is 8.14. The maximum Gasteiger partial charge on any atom is 0.393 e. The van der Waals surface area contributed by atoms with Crippen molar-refractivity contribution < 1.29 is 18.3 Å². The molecule has 2 aliphatic rings. The van der Waals surface area contributed by atoms with Crippen molar-refractivity contribution in [3.05, 3.63) is 0 Å². The van der Waals surface area contributed by atoms with E-state index in [1.54, 1.807) is 0 Å². The molecular formula is C16H28F3NO. The van der Waals surface area contributed by atoms with Gasteiger partial charge in [-0.15, -0.1) is 0 Å². The monoisotopic (exact) mass is 307 g/mol. The molecule has 2 nitrogen and oxygen atoms in total. The van der Waals surface area contributed by atoms with Gasteiger partial charge < -0.3 is 10.4 Å². The molecule has 0 heterocycles. The van der Waals surface area contributed by atoms with Crippen molar-refractivity contribution in [2.75, 3.05) is 6.54 Å². The van der Waals surface area contributed by atoms with E-state index in [9.17, 15) is 18.3 Å². The summed E-state index contributed by atoms with van der Waals surface area (Å²) in [6.45, 7) is 4.65. The molecule has 2 N–H and O–H groups in total. The first kappa shape index (κ1) is 17.1. The Morgan fingerprint density at radius 2 is 1.62 bits per heavy atom. The summed E-state index contributed by atoms with van der Waals surface area (Å²) in [5.74, 6) is -1.25. The van der Waals surface area contributed by atoms with Crippen molar-refractivity contribution in [2.45, 2.75) is 83.0 Å². The summed E-state index contributed by atoms with van der Waals surface area (Å²) in [7, 11) is 0. The average molecular weight is 307 g/mol. The standard InChI is InChI=1S/C16H28F3NO/c1-14(2)7-9-15(21,10-8-14)11-20-13-6-4-3-5-12(13)16(17,18)19/h12-13,20-21H,3-11H2,1-2H3. The fourth-order valence-electron chi connectivity index (χ4n) is 3.66. The predicted molar refractivity (Wildman–Crippen MR) is 77.0 cm³/mol. The van der Waals surface area contributed by atoms with Crippen LogP contribution >= 0.6 is 0 Å². The number of rotatable bonds is 3. The van der Waals surface area contributed by atoms with E-state index in [1.165, 1.54) is 0 Å². The molecule has 0 aromatic heterocycles. The molecule has 2 saturated carbocycles. The van der Waals surface area contributed by atoms with Crippen molar-refractivity contribution in [1.29, 1.82) is 0 Å². The number of nitrogens with one attached hydrogen (secondary N) is 1. The number of hydrogen-bond donors (Lipinski definition) is 2. The van der Waals surface area contributed by atoms with Gasteiger partial charge in [0.05, 0.1) is 11.5 Å². The van der Waals surface area contributed by atoms with Gasteiger partial charge in [-0.2, -0.15) is 13.2 Å². The van der Waals surface area contributed by atoms with Gasteiger partial charge in [0.2, 0.25) is 0 Å². The van der Waals surface area contributed by atoms with Gasteiger partial charge in [-0.05, 0) is 43.9 Å². The van der Waals surface area contributed by atoms with E-state index in [-0.39, 0.29) is 11.8 Å². The number of alkyl halides is 3. The summed E-state index contributed by atoms with van der Waals surface area (Å²) in [6, 6.07) is -0.530. The average Bonchev–Trinajstić information content (AvgIpc) is 2.40. The highest BCUT2D eigenvalue weighted by atomic mass is 19.4. The normalized spacial score (nSPS) is 32.9. The van der Waals surface area contributed by atoms with Crippen molar-refractivity contribution in [1.82, 2.24) is 5.32 Å². The van der Waals surface area contributed by atoms with Gasteiger partial charge in [-0.1, -0.05) is 26.7 Å². The first-order valence-corrected chi connectivity index (χ1v) is 8.14. The minimum atomic E-state index is -4.13. The Balaban J connectivity index is 1.89. The highest BCUT2D eigenvalue weighted by molar-refractivity contribution is 4.93. The van der Waals surface area contributed by atoms with Crippen LogP contribution in [-0.4, -0.2) is 29.5 Å². The van der Waals surface area contributed by atoms with Crippen LogP contribution in [0.3, 0.4) is 0 Å². The molecule has 5 heteroatoms. The molecule has 0 aliphatic heterocycles. The number of aliphatic hydroxyl groups is 1. The number of hydrogen-bond acceptors (Lipinski definition) is 2. The van der Waals surface area contributed by atoms with Gasteiger partial charge in [0.15, 0.2) is 0 Å². The van der Waals surface area contributed by atoms with Crippen LogP contribution in [0.25, 0.3) is 0 Å². The molecule has 0 radical (unpaired) electrons. The molecule has 2 unspecified atom stereocenters. The van der Waals surface area contributed by atoms with Gasteiger partial charge >= 0.3 is 6.18 Å². The van der Waals surface area contributed by atoms with E-state index in [1.807, 2.05) is 0 Å². The fraction of sp³-hybridized carbons (Fsp3) is 1.00. The van der Waals surface area contributed by atoms with Crippen LogP contribution in [0, 0.1) is 11.3 Å². The first-order chi connectivity index (χ1) is 9.61. The Morgan fingerprint density at radius 1 is 1.05 bits per heavy atom. The van der Waals surface area contributed by atoms with E-state index in [0.29, 0.717) is 32.2 Å². The lowest BCUT2D eigenvalue weighted by molar-refractivity contribution is -0.190. The van der Waals surface area contributed by atoms with Gasteiger partial charge in [0.25, 0.3) is 0 Å². The lowest BCUT2D eigenvalue weighted by Gasteiger charge is -2.42. The summed E-state index contributed by atoms with van der Waals surface area (Å²) in [5, 5.41) is 13.6. The third-order valence-corrected chi connectivity index (χ3v) is 5.41. The molecule has 21 heavy (non-hydrogen) atoms. The van der Waals surface area contributed by atoms with Crippen molar-refractivity contribution in [3.8, 4) is 0 Å². The zero-order chi connectivity index (χ0) is 15.7. The van der Waals surface area contributed by atoms with E-state index in [0.717, 1.165) is 19.3 Å². The van der Waals surface area contributed by atoms with Crippen LogP contribution in [-0.2, 0) is 0 Å². The third kappa shape index (κ3) is 4.59. The third-order valence-electron chi connectivity index (χ3n) is 5.41. The molecule has 0 aromatic carbocycles. The Morgan fingerprint density at radius 3 is 2.19 bits per heavy atom. The van der Waals surface area contributed by atoms with E-state index in [2.05, 4.69) is 19.2 Å². The lowest BCUT2D eigenvalue weighted by Crippen LogP contribution is -2.52. The van der Waals surface area contributed by atoms with Gasteiger partial charge in [-0.25, -0.2) is 0 Å². The van der Waals surface area contributed by atoms with Crippen LogP contribution in [0.5, 0.6) is 0 Å². The molecule has 0 amide bonds. The van der Waals surface area contributed by atoms with E-state index >= 15 is 0 Å². The van der Waals surface area contributed by atoms with E-state index < -0.39 is 23.7 Å². The second-order valence-electron chi connectivity index (χ2n) is 7.81. The zero-order valence-electron chi connectivity index (χ0n) is 13.1. The lowest BCUT2D eigenvalue weighted by atomic mass is 9.71. The molecule has 0 saturated heterocycles. The van der Waals surface area contributed by atoms with Gasteiger partial charge in [0, 0.05) is 12.6 Å². The minimum absolute atomic E-state index is 0.215. The number of halogens is 3. The van der Waals surface area contributed by atoms with Crippen LogP contribution < -0.4 is 5.32 Å². The highest BCUT2D eigenvalue weighted by Crippen LogP contribution is 2.41. The maximum absolute atomic E-state index is 13.1. The van der Waals surface area contributed by atoms with Crippen molar-refractivity contribution in [2.24, 2.45) is 11.3 Å². The molecular weight excluding hydrogens is 279 g/mol. The molecule has 0 aromatic rings. The van der Waals surface area contributed by atoms with Crippen molar-refractivity contribution in [3.63, 3.8) is 0 Å². The Hall–Kier alpha value is -0.290. The minimum Gasteiger partial charge on any atom is -0.389 e. The Kier molecular flexibility index (Phi) is 4.94. The highest BCUT2D eigenvalue weighted by Gasteiger charge is 2.46. The molecule has 0 spiro atoms. The van der Waals surface area contributed by atoms with Crippen LogP contribution in [0.2, 0.25) is 0 Å². The summed E-state index contributed by atoms with van der Waals surface area (Å²) in [5.41, 5.74) is -0.589. The van der Waals surface area contributed by atoms with Crippen LogP contribution in [0.15, 0.2) is 0 Å². The summed E-state index contributed by atoms with van der Waals surface area (Å²) in [6.07, 6.45) is 1.36. The van der Waals surface area contributed by atoms with Crippen LogP contribution in [0.4, 0.5) is 13.2 Å². The topological polar surface area (TPSA) is 32.3 Å². The SMILES string of the molecule is CC1(C)CCC(O)(CNC2CCCCC2C(F)(F)F)CC1. The second kappa shape index (κ2) is 6.07. The molecule has 2 atom stereocenters. The molecule has 124 valence electrons. The summed E-state index contributed by atoms with van der Waals surface area (Å²) in [4.78, 5) is 0. The smallest absolute Gasteiger partial charge is 0.389 e.